The van der Waals surface area contributed by atoms with Crippen LogP contribution in [0.25, 0.3) is 54.4 Å². The predicted molar refractivity (Wildman–Crippen MR) is 205 cm³/mol. The Morgan fingerprint density at radius 2 is 1.04 bits per heavy atom. The minimum absolute atomic E-state index is 0.0369. The molecule has 0 fully saturated rings. The average molecular weight is 684 g/mol. The summed E-state index contributed by atoms with van der Waals surface area (Å²) in [6.07, 6.45) is 0.631. The van der Waals surface area contributed by atoms with Gasteiger partial charge < -0.3 is 11.5 Å². The number of aromatic nitrogens is 2. The topological polar surface area (TPSA) is 156 Å². The largest absolute Gasteiger partial charge is 0.398 e. The normalized spacial score (nSPS) is 10.7. The third-order valence-electron chi connectivity index (χ3n) is 7.66. The van der Waals surface area contributed by atoms with Gasteiger partial charge in [-0.15, -0.1) is 0 Å². The smallest absolute Gasteiger partial charge is 0.297 e. The molecule has 0 saturated heterocycles. The van der Waals surface area contributed by atoms with Crippen molar-refractivity contribution in [2.45, 2.75) is 11.3 Å². The molecule has 0 unspecified atom stereocenters. The lowest BCUT2D eigenvalue weighted by atomic mass is 10.0. The first kappa shape index (κ1) is 34.7. The highest BCUT2D eigenvalue weighted by Crippen LogP contribution is 2.30. The van der Waals surface area contributed by atoms with Crippen LogP contribution in [0.15, 0.2) is 144 Å². The van der Waals surface area contributed by atoms with Gasteiger partial charge in [-0.25, -0.2) is 15.4 Å². The van der Waals surface area contributed by atoms with Crippen molar-refractivity contribution in [3.05, 3.63) is 145 Å². The summed E-state index contributed by atoms with van der Waals surface area (Å²) in [5.74, 6) is 0. The summed E-state index contributed by atoms with van der Waals surface area (Å²) >= 11 is 3.81. The van der Waals surface area contributed by atoms with Crippen molar-refractivity contribution in [1.29, 1.82) is 5.41 Å². The molecule has 2 aromatic heterocycles. The number of nitrogens with zero attached hydrogens (tertiary/aromatic N) is 2. The van der Waals surface area contributed by atoms with Gasteiger partial charge in [0.25, 0.3) is 10.1 Å². The van der Waals surface area contributed by atoms with E-state index in [1.807, 2.05) is 78.9 Å². The van der Waals surface area contributed by atoms with Crippen LogP contribution in [0.1, 0.15) is 5.56 Å². The van der Waals surface area contributed by atoms with Crippen LogP contribution in [0, 0.1) is 5.41 Å². The molecule has 0 aliphatic rings. The fourth-order valence-electron chi connectivity index (χ4n) is 5.51. The molecule has 0 aliphatic carbocycles. The summed E-state index contributed by atoms with van der Waals surface area (Å²) in [5.41, 5.74) is 16.4. The van der Waals surface area contributed by atoms with Crippen molar-refractivity contribution in [1.82, 2.24) is 9.97 Å². The van der Waals surface area contributed by atoms with Crippen LogP contribution in [0.4, 0.5) is 5.69 Å². The molecular formula is C39H33N5O3S2. The highest BCUT2D eigenvalue weighted by Gasteiger charge is 2.18. The van der Waals surface area contributed by atoms with Crippen LogP contribution in [0.2, 0.25) is 0 Å². The van der Waals surface area contributed by atoms with Gasteiger partial charge in [0.2, 0.25) is 0 Å². The molecular weight excluding hydrogens is 651 g/mol. The Hall–Kier alpha value is -5.61. The van der Waals surface area contributed by atoms with Crippen LogP contribution >= 0.6 is 12.2 Å². The van der Waals surface area contributed by atoms with Gasteiger partial charge in [0.1, 0.15) is 4.90 Å². The van der Waals surface area contributed by atoms with Gasteiger partial charge in [0.15, 0.2) is 0 Å². The average Bonchev–Trinajstić information content (AvgIpc) is 3.10. The maximum Gasteiger partial charge on any atom is 0.297 e. The summed E-state index contributed by atoms with van der Waals surface area (Å²) in [5, 5.41) is 13.3. The van der Waals surface area contributed by atoms with E-state index in [0.717, 1.165) is 33.0 Å². The monoisotopic (exact) mass is 683 g/mol. The van der Waals surface area contributed by atoms with Gasteiger partial charge in [-0.2, -0.15) is 8.42 Å². The standard InChI is InChI=1S/2C13H9N.C12H14N2O3S.CHNS/c2*1-3-7-12-10(5-1)9-11-6-2-4-8-13(11)14-12;13-7-6-8-2-1-3-10-9(8)4-5-11(14)12(10)18(15,16)17;2-1-3/h2*1-9H;1-5H,6-7,13-14H2,(H,15,16,17);2H. The molecule has 8 rings (SSSR count). The number of nitrogens with two attached hydrogens (primary N) is 2. The molecule has 0 saturated carbocycles. The van der Waals surface area contributed by atoms with Crippen LogP contribution in [-0.2, 0) is 16.5 Å². The second-order valence-electron chi connectivity index (χ2n) is 10.9. The molecule has 10 heteroatoms. The number of hydrogen-bond acceptors (Lipinski definition) is 8. The zero-order chi connectivity index (χ0) is 34.8. The molecule has 244 valence electrons. The fourth-order valence-corrected chi connectivity index (χ4v) is 6.34. The third-order valence-corrected chi connectivity index (χ3v) is 8.63. The van der Waals surface area contributed by atoms with E-state index in [-0.39, 0.29) is 10.6 Å². The van der Waals surface area contributed by atoms with Crippen molar-refractivity contribution in [2.75, 3.05) is 12.3 Å². The number of pyridine rings is 2. The van der Waals surface area contributed by atoms with Crippen LogP contribution in [-0.4, -0.2) is 34.6 Å². The van der Waals surface area contributed by atoms with Crippen molar-refractivity contribution in [3.63, 3.8) is 0 Å². The number of para-hydroxylation sites is 4. The molecule has 6 aromatic carbocycles. The number of anilines is 1. The first-order valence-corrected chi connectivity index (χ1v) is 17.1. The van der Waals surface area contributed by atoms with E-state index in [1.54, 1.807) is 23.4 Å². The Morgan fingerprint density at radius 1 is 0.633 bits per heavy atom. The SMILES string of the molecule is N=C=S.NCCc1cccc2c(S(=O)(=O)O)c(N)ccc12.c1ccc2nc3ccccc3cc2c1.c1ccc2nc3ccccc3cc2c1. The molecule has 8 nitrogen and oxygen atoms in total. The van der Waals surface area contributed by atoms with Gasteiger partial charge >= 0.3 is 0 Å². The lowest BCUT2D eigenvalue weighted by Gasteiger charge is -2.10. The number of hydrogen-bond donors (Lipinski definition) is 4. The second kappa shape index (κ2) is 16.0. The summed E-state index contributed by atoms with van der Waals surface area (Å²) in [6.45, 7) is 0.463. The number of nitrogens with one attached hydrogen (secondary N) is 1. The minimum Gasteiger partial charge on any atom is -0.398 e. The van der Waals surface area contributed by atoms with Gasteiger partial charge in [-0.1, -0.05) is 97.1 Å². The molecule has 0 aliphatic heterocycles. The highest BCUT2D eigenvalue weighted by atomic mass is 32.2. The summed E-state index contributed by atoms with van der Waals surface area (Å²) in [6, 6.07) is 45.6. The van der Waals surface area contributed by atoms with Gasteiger partial charge in [-0.05, 0) is 78.6 Å². The molecule has 6 N–H and O–H groups in total. The Labute approximate surface area is 289 Å². The second-order valence-corrected chi connectivity index (χ2v) is 12.4. The number of rotatable bonds is 3. The van der Waals surface area contributed by atoms with E-state index < -0.39 is 10.1 Å². The van der Waals surface area contributed by atoms with Gasteiger partial charge in [-0.3, -0.25) is 4.55 Å². The van der Waals surface area contributed by atoms with Gasteiger partial charge in [0, 0.05) is 26.9 Å². The lowest BCUT2D eigenvalue weighted by Crippen LogP contribution is -2.06. The van der Waals surface area contributed by atoms with Crippen LogP contribution in [0.3, 0.4) is 0 Å². The van der Waals surface area contributed by atoms with Crippen molar-refractivity contribution in [3.8, 4) is 0 Å². The molecule has 0 bridgehead atoms. The lowest BCUT2D eigenvalue weighted by molar-refractivity contribution is 0.484. The third kappa shape index (κ3) is 8.46. The number of isothiocyanates is 1. The quantitative estimate of drug-likeness (QED) is 0.0474. The number of nitrogen functional groups attached to an aromatic ring is 1. The molecule has 49 heavy (non-hydrogen) atoms. The first-order chi connectivity index (χ1) is 23.7. The van der Waals surface area contributed by atoms with E-state index in [4.69, 9.17) is 16.9 Å². The Morgan fingerprint density at radius 3 is 1.43 bits per heavy atom. The number of fused-ring (bicyclic) bond motifs is 5. The summed E-state index contributed by atoms with van der Waals surface area (Å²) < 4.78 is 32.0. The summed E-state index contributed by atoms with van der Waals surface area (Å²) in [7, 11) is -4.35. The highest BCUT2D eigenvalue weighted by molar-refractivity contribution is 7.86. The maximum absolute atomic E-state index is 11.4. The van der Waals surface area contributed by atoms with Crippen molar-refractivity contribution < 1.29 is 13.0 Å². The van der Waals surface area contributed by atoms with Crippen LogP contribution < -0.4 is 11.5 Å². The molecule has 2 heterocycles. The van der Waals surface area contributed by atoms with Gasteiger partial charge in [0.05, 0.1) is 32.9 Å². The Kier molecular flexibility index (Phi) is 11.3. The van der Waals surface area contributed by atoms with Crippen molar-refractivity contribution in [2.24, 2.45) is 5.73 Å². The number of thiocarbonyl (C=S) groups is 1. The summed E-state index contributed by atoms with van der Waals surface area (Å²) in [4.78, 5) is 8.92. The fraction of sp³-hybridized carbons (Fsp3) is 0.0513. The van der Waals surface area contributed by atoms with E-state index in [2.05, 4.69) is 58.6 Å². The van der Waals surface area contributed by atoms with E-state index in [1.165, 1.54) is 27.6 Å². The van der Waals surface area contributed by atoms with Crippen molar-refractivity contribution >= 4 is 87.6 Å². The van der Waals surface area contributed by atoms with E-state index in [9.17, 15) is 13.0 Å². The molecule has 0 amide bonds. The Bertz CT molecular complexity index is 2230. The molecule has 0 spiro atoms. The van der Waals surface area contributed by atoms with E-state index >= 15 is 0 Å². The zero-order valence-electron chi connectivity index (χ0n) is 26.3. The molecule has 0 radical (unpaired) electrons. The first-order valence-electron chi connectivity index (χ1n) is 15.2. The van der Waals surface area contributed by atoms with E-state index in [0.29, 0.717) is 18.4 Å². The maximum atomic E-state index is 11.4. The molecule has 8 aromatic rings. The minimum atomic E-state index is -4.35. The van der Waals surface area contributed by atoms with Crippen LogP contribution in [0.5, 0.6) is 0 Å². The predicted octanol–water partition coefficient (Wildman–Crippen LogP) is 8.61. The molecule has 0 atom stereocenters. The zero-order valence-corrected chi connectivity index (χ0v) is 28.0. The number of benzene rings is 6. The Balaban J connectivity index is 0.000000139.